The molecular formula is C24H35N5O3. The molecule has 0 saturated carbocycles. The molecule has 0 atom stereocenters. The Morgan fingerprint density at radius 1 is 0.688 bits per heavy atom. The summed E-state index contributed by atoms with van der Waals surface area (Å²) in [6.45, 7) is 7.02. The molecule has 0 bridgehead atoms. The molecule has 3 saturated heterocycles. The van der Waals surface area contributed by atoms with Crippen molar-refractivity contribution in [3.8, 4) is 0 Å². The van der Waals surface area contributed by atoms with Crippen molar-refractivity contribution in [2.24, 2.45) is 0 Å². The third kappa shape index (κ3) is 5.79. The van der Waals surface area contributed by atoms with Gasteiger partial charge >= 0.3 is 6.03 Å². The minimum absolute atomic E-state index is 0.0157. The monoisotopic (exact) mass is 441 g/mol. The van der Waals surface area contributed by atoms with Gasteiger partial charge in [-0.2, -0.15) is 0 Å². The summed E-state index contributed by atoms with van der Waals surface area (Å²) in [6, 6.07) is 7.67. The number of likely N-dealkylation sites (tertiary alicyclic amines) is 2. The summed E-state index contributed by atoms with van der Waals surface area (Å²) in [5.74, 6) is 0.0778. The van der Waals surface area contributed by atoms with Crippen LogP contribution in [0.4, 0.5) is 4.79 Å². The van der Waals surface area contributed by atoms with Gasteiger partial charge in [0.2, 0.25) is 5.91 Å². The fourth-order valence-electron chi connectivity index (χ4n) is 4.71. The number of carbonyl (C=O) groups excluding carboxylic acids is 3. The number of hydrogen-bond acceptors (Lipinski definition) is 4. The van der Waals surface area contributed by atoms with E-state index in [-0.39, 0.29) is 17.8 Å². The van der Waals surface area contributed by atoms with E-state index in [9.17, 15) is 14.4 Å². The number of urea groups is 1. The molecule has 3 fully saturated rings. The second-order valence-corrected chi connectivity index (χ2v) is 9.07. The fourth-order valence-corrected chi connectivity index (χ4v) is 4.71. The summed E-state index contributed by atoms with van der Waals surface area (Å²) in [5, 5.41) is 2.97. The van der Waals surface area contributed by atoms with Gasteiger partial charge in [0.1, 0.15) is 0 Å². The lowest BCUT2D eigenvalue weighted by Crippen LogP contribution is -2.54. The van der Waals surface area contributed by atoms with E-state index in [2.05, 4.69) is 10.2 Å². The molecule has 4 amide bonds. The first-order valence-corrected chi connectivity index (χ1v) is 12.0. The first-order chi connectivity index (χ1) is 15.6. The Kier molecular flexibility index (Phi) is 7.63. The molecule has 3 aliphatic heterocycles. The highest BCUT2D eigenvalue weighted by atomic mass is 16.2. The van der Waals surface area contributed by atoms with E-state index in [1.165, 1.54) is 6.42 Å². The lowest BCUT2D eigenvalue weighted by molar-refractivity contribution is -0.122. The van der Waals surface area contributed by atoms with Gasteiger partial charge in [0.25, 0.3) is 5.91 Å². The molecule has 0 aliphatic carbocycles. The van der Waals surface area contributed by atoms with Crippen LogP contribution < -0.4 is 5.32 Å². The van der Waals surface area contributed by atoms with Crippen LogP contribution in [0.1, 0.15) is 48.0 Å². The van der Waals surface area contributed by atoms with Crippen molar-refractivity contribution in [2.75, 3.05) is 58.9 Å². The Labute approximate surface area is 190 Å². The molecule has 1 N–H and O–H groups in total. The number of carbonyl (C=O) groups is 3. The van der Waals surface area contributed by atoms with Gasteiger partial charge in [-0.25, -0.2) is 4.79 Å². The SMILES string of the molecule is O=C(CN1CCN(C(=O)N2CCCCC2)CC1)NCc1ccc(C(=O)N2CCCC2)cc1. The number of piperidine rings is 1. The number of hydrogen-bond donors (Lipinski definition) is 1. The van der Waals surface area contributed by atoms with E-state index in [1.54, 1.807) is 0 Å². The number of amides is 4. The van der Waals surface area contributed by atoms with Crippen LogP contribution in [-0.4, -0.2) is 96.3 Å². The molecule has 0 unspecified atom stereocenters. The Morgan fingerprint density at radius 3 is 1.91 bits per heavy atom. The zero-order valence-corrected chi connectivity index (χ0v) is 18.9. The molecular weight excluding hydrogens is 406 g/mol. The fraction of sp³-hybridized carbons (Fsp3) is 0.625. The Bertz CT molecular complexity index is 792. The maximum Gasteiger partial charge on any atom is 0.320 e. The summed E-state index contributed by atoms with van der Waals surface area (Å²) >= 11 is 0. The second-order valence-electron chi connectivity index (χ2n) is 9.07. The summed E-state index contributed by atoms with van der Waals surface area (Å²) in [6.07, 6.45) is 5.58. The quantitative estimate of drug-likeness (QED) is 0.756. The second kappa shape index (κ2) is 10.8. The van der Waals surface area contributed by atoms with E-state index < -0.39 is 0 Å². The highest BCUT2D eigenvalue weighted by Gasteiger charge is 2.26. The zero-order chi connectivity index (χ0) is 22.3. The van der Waals surface area contributed by atoms with Crippen LogP contribution >= 0.6 is 0 Å². The van der Waals surface area contributed by atoms with Crippen LogP contribution in [0, 0.1) is 0 Å². The summed E-state index contributed by atoms with van der Waals surface area (Å²) in [4.78, 5) is 45.3. The summed E-state index contributed by atoms with van der Waals surface area (Å²) in [5.41, 5.74) is 1.69. The number of benzene rings is 1. The first-order valence-electron chi connectivity index (χ1n) is 12.0. The van der Waals surface area contributed by atoms with Crippen molar-refractivity contribution in [1.29, 1.82) is 0 Å². The van der Waals surface area contributed by atoms with Gasteiger partial charge in [0, 0.05) is 64.5 Å². The average molecular weight is 442 g/mol. The number of nitrogens with one attached hydrogen (secondary N) is 1. The van der Waals surface area contributed by atoms with Crippen LogP contribution in [0.15, 0.2) is 24.3 Å². The highest BCUT2D eigenvalue weighted by molar-refractivity contribution is 5.94. The topological polar surface area (TPSA) is 76.2 Å². The molecule has 8 nitrogen and oxygen atoms in total. The predicted octanol–water partition coefficient (Wildman–Crippen LogP) is 1.76. The molecule has 32 heavy (non-hydrogen) atoms. The van der Waals surface area contributed by atoms with Crippen molar-refractivity contribution in [1.82, 2.24) is 24.9 Å². The van der Waals surface area contributed by atoms with Gasteiger partial charge in [-0.3, -0.25) is 14.5 Å². The van der Waals surface area contributed by atoms with Crippen LogP contribution in [0.5, 0.6) is 0 Å². The van der Waals surface area contributed by atoms with Crippen LogP contribution in [0.3, 0.4) is 0 Å². The van der Waals surface area contributed by atoms with Crippen molar-refractivity contribution >= 4 is 17.8 Å². The van der Waals surface area contributed by atoms with Gasteiger partial charge in [0.05, 0.1) is 6.54 Å². The Balaban J connectivity index is 1.16. The van der Waals surface area contributed by atoms with E-state index in [1.807, 2.05) is 39.0 Å². The minimum Gasteiger partial charge on any atom is -0.351 e. The van der Waals surface area contributed by atoms with E-state index in [0.29, 0.717) is 31.7 Å². The minimum atomic E-state index is -0.0157. The van der Waals surface area contributed by atoms with Crippen molar-refractivity contribution < 1.29 is 14.4 Å². The van der Waals surface area contributed by atoms with Crippen molar-refractivity contribution in [3.05, 3.63) is 35.4 Å². The molecule has 8 heteroatoms. The first kappa shape index (κ1) is 22.6. The number of nitrogens with zero attached hydrogens (tertiary/aromatic N) is 4. The van der Waals surface area contributed by atoms with Crippen molar-refractivity contribution in [2.45, 2.75) is 38.6 Å². The maximum atomic E-state index is 12.6. The van der Waals surface area contributed by atoms with E-state index in [4.69, 9.17) is 0 Å². The zero-order valence-electron chi connectivity index (χ0n) is 18.9. The summed E-state index contributed by atoms with van der Waals surface area (Å²) < 4.78 is 0. The molecule has 174 valence electrons. The predicted molar refractivity (Wildman–Crippen MR) is 122 cm³/mol. The molecule has 3 aliphatic rings. The van der Waals surface area contributed by atoms with Gasteiger partial charge in [-0.1, -0.05) is 12.1 Å². The van der Waals surface area contributed by atoms with E-state index >= 15 is 0 Å². The Hall–Kier alpha value is -2.61. The molecule has 1 aromatic rings. The molecule has 0 aromatic heterocycles. The lowest BCUT2D eigenvalue weighted by atomic mass is 10.1. The highest BCUT2D eigenvalue weighted by Crippen LogP contribution is 2.14. The standard InChI is InChI=1S/C24H35N5O3/c30-22(19-26-14-16-29(17-15-26)24(32)28-12-2-1-3-13-28)25-18-20-6-8-21(9-7-20)23(31)27-10-4-5-11-27/h6-9H,1-5,10-19H2,(H,25,30). The number of piperazine rings is 1. The summed E-state index contributed by atoms with van der Waals surface area (Å²) in [7, 11) is 0. The van der Waals surface area contributed by atoms with Crippen molar-refractivity contribution in [3.63, 3.8) is 0 Å². The molecule has 0 radical (unpaired) electrons. The van der Waals surface area contributed by atoms with Crippen LogP contribution in [-0.2, 0) is 11.3 Å². The molecule has 4 rings (SSSR count). The third-order valence-corrected chi connectivity index (χ3v) is 6.72. The van der Waals surface area contributed by atoms with Gasteiger partial charge in [-0.15, -0.1) is 0 Å². The Morgan fingerprint density at radius 2 is 1.25 bits per heavy atom. The van der Waals surface area contributed by atoms with Gasteiger partial charge < -0.3 is 20.0 Å². The average Bonchev–Trinajstić information content (AvgIpc) is 3.38. The molecule has 1 aromatic carbocycles. The third-order valence-electron chi connectivity index (χ3n) is 6.72. The number of rotatable bonds is 5. The van der Waals surface area contributed by atoms with Crippen LogP contribution in [0.2, 0.25) is 0 Å². The normalized spacial score (nSPS) is 19.8. The van der Waals surface area contributed by atoms with E-state index in [0.717, 1.165) is 70.5 Å². The lowest BCUT2D eigenvalue weighted by Gasteiger charge is -2.38. The van der Waals surface area contributed by atoms with Gasteiger partial charge in [-0.05, 0) is 49.8 Å². The molecule has 3 heterocycles. The smallest absolute Gasteiger partial charge is 0.320 e. The van der Waals surface area contributed by atoms with Crippen LogP contribution in [0.25, 0.3) is 0 Å². The van der Waals surface area contributed by atoms with Gasteiger partial charge in [0.15, 0.2) is 0 Å². The largest absolute Gasteiger partial charge is 0.351 e. The maximum absolute atomic E-state index is 12.6. The molecule has 0 spiro atoms.